The number of ether oxygens (including phenoxy) is 1. The van der Waals surface area contributed by atoms with Gasteiger partial charge in [-0.25, -0.2) is 13.2 Å². The summed E-state index contributed by atoms with van der Waals surface area (Å²) in [7, 11) is 2.53. The first-order chi connectivity index (χ1) is 6.79. The van der Waals surface area contributed by atoms with Crippen molar-refractivity contribution >= 4 is 37.0 Å². The van der Waals surface area contributed by atoms with Crippen LogP contribution in [0.5, 0.6) is 0 Å². The van der Waals surface area contributed by atoms with Crippen molar-refractivity contribution in [3.05, 3.63) is 15.3 Å². The zero-order valence-corrected chi connectivity index (χ0v) is 10.7. The monoisotopic (exact) mass is 268 g/mol. The molecule has 7 heteroatoms. The van der Waals surface area contributed by atoms with Crippen molar-refractivity contribution in [1.82, 2.24) is 0 Å². The first-order valence-electron chi connectivity index (χ1n) is 3.92. The van der Waals surface area contributed by atoms with Crippen LogP contribution in [0.4, 0.5) is 0 Å². The van der Waals surface area contributed by atoms with Crippen LogP contribution in [0.25, 0.3) is 0 Å². The zero-order chi connectivity index (χ0) is 11.8. The topological polar surface area (TPSA) is 60.4 Å². The van der Waals surface area contributed by atoms with E-state index in [1.807, 2.05) is 0 Å². The van der Waals surface area contributed by atoms with Crippen molar-refractivity contribution in [2.75, 3.05) is 7.11 Å². The smallest absolute Gasteiger partial charge is 0.340 e. The third-order valence-electron chi connectivity index (χ3n) is 1.84. The lowest BCUT2D eigenvalue weighted by Gasteiger charge is -2.01. The Morgan fingerprint density at radius 2 is 1.87 bits per heavy atom. The number of methoxy groups -OCH3 is 1. The lowest BCUT2D eigenvalue weighted by Crippen LogP contribution is -2.07. The zero-order valence-electron chi connectivity index (χ0n) is 8.33. The number of hydrogen-bond donors (Lipinski definition) is 0. The summed E-state index contributed by atoms with van der Waals surface area (Å²) in [5.74, 6) is -0.684. The summed E-state index contributed by atoms with van der Waals surface area (Å²) in [5.41, 5.74) is 0.0370. The minimum absolute atomic E-state index is 0.0370. The van der Waals surface area contributed by atoms with Gasteiger partial charge >= 0.3 is 5.97 Å². The molecule has 0 aliphatic heterocycles. The third kappa shape index (κ3) is 2.32. The maximum atomic E-state index is 11.4. The van der Waals surface area contributed by atoms with Crippen molar-refractivity contribution in [3.63, 3.8) is 0 Å². The van der Waals surface area contributed by atoms with Gasteiger partial charge in [0.1, 0.15) is 4.90 Å². The molecule has 0 radical (unpaired) electrons. The number of carbonyl (C=O) groups is 1. The Hall–Kier alpha value is -0.590. The minimum Gasteiger partial charge on any atom is -0.465 e. The van der Waals surface area contributed by atoms with E-state index in [1.54, 1.807) is 13.8 Å². The first-order valence-corrected chi connectivity index (χ1v) is 7.04. The highest BCUT2D eigenvalue weighted by atomic mass is 35.7. The second-order valence-corrected chi connectivity index (χ2v) is 6.78. The molecule has 0 spiro atoms. The average molecular weight is 269 g/mol. The van der Waals surface area contributed by atoms with Crippen LogP contribution in [0.3, 0.4) is 0 Å². The quantitative estimate of drug-likeness (QED) is 0.609. The van der Waals surface area contributed by atoms with Gasteiger partial charge in [-0.1, -0.05) is 0 Å². The van der Waals surface area contributed by atoms with E-state index in [0.29, 0.717) is 9.75 Å². The van der Waals surface area contributed by atoms with Crippen molar-refractivity contribution < 1.29 is 17.9 Å². The number of carbonyl (C=O) groups excluding carboxylic acids is 1. The Bertz CT molecular complexity index is 501. The minimum atomic E-state index is -3.92. The molecule has 0 saturated carbocycles. The highest BCUT2D eigenvalue weighted by molar-refractivity contribution is 8.14. The number of thiophene rings is 1. The molecule has 1 aromatic heterocycles. The molecule has 4 nitrogen and oxygen atoms in total. The van der Waals surface area contributed by atoms with E-state index >= 15 is 0 Å². The van der Waals surface area contributed by atoms with E-state index in [0.717, 1.165) is 0 Å². The number of esters is 1. The SMILES string of the molecule is COC(=O)c1c(C)sc(C)c1S(=O)(=O)Cl. The Labute approximate surface area is 96.2 Å². The summed E-state index contributed by atoms with van der Waals surface area (Å²) in [6.45, 7) is 3.24. The van der Waals surface area contributed by atoms with Crippen molar-refractivity contribution in [2.45, 2.75) is 18.7 Å². The van der Waals surface area contributed by atoms with E-state index < -0.39 is 15.0 Å². The molecule has 0 bridgehead atoms. The van der Waals surface area contributed by atoms with E-state index in [9.17, 15) is 13.2 Å². The number of halogens is 1. The molecule has 0 unspecified atom stereocenters. The summed E-state index contributed by atoms with van der Waals surface area (Å²) in [6, 6.07) is 0. The van der Waals surface area contributed by atoms with Gasteiger partial charge in [0, 0.05) is 20.4 Å². The van der Waals surface area contributed by atoms with E-state index in [1.165, 1.54) is 18.4 Å². The third-order valence-corrected chi connectivity index (χ3v) is 4.45. The molecule has 0 aliphatic rings. The van der Waals surface area contributed by atoms with Gasteiger partial charge in [0.05, 0.1) is 12.7 Å². The van der Waals surface area contributed by atoms with Crippen LogP contribution in [0, 0.1) is 13.8 Å². The van der Waals surface area contributed by atoms with Crippen LogP contribution in [0.1, 0.15) is 20.1 Å². The Kier molecular flexibility index (Phi) is 3.42. The molecule has 0 saturated heterocycles. The molecule has 1 heterocycles. The maximum Gasteiger partial charge on any atom is 0.340 e. The van der Waals surface area contributed by atoms with Gasteiger partial charge < -0.3 is 4.74 Å². The second kappa shape index (κ2) is 4.11. The van der Waals surface area contributed by atoms with Crippen molar-refractivity contribution in [2.24, 2.45) is 0 Å². The summed E-state index contributed by atoms with van der Waals surface area (Å²) >= 11 is 1.20. The van der Waals surface area contributed by atoms with Gasteiger partial charge in [-0.05, 0) is 13.8 Å². The van der Waals surface area contributed by atoms with Gasteiger partial charge in [-0.15, -0.1) is 11.3 Å². The van der Waals surface area contributed by atoms with Gasteiger partial charge in [0.2, 0.25) is 0 Å². The normalized spacial score (nSPS) is 11.5. The van der Waals surface area contributed by atoms with Gasteiger partial charge in [0.15, 0.2) is 0 Å². The number of rotatable bonds is 2. The number of hydrogen-bond acceptors (Lipinski definition) is 5. The largest absolute Gasteiger partial charge is 0.465 e. The fourth-order valence-corrected chi connectivity index (χ4v) is 4.29. The standard InChI is InChI=1S/C8H9ClO4S2/c1-4-6(8(10)13-3)7(5(2)14-4)15(9,11)12/h1-3H3. The molecule has 84 valence electrons. The highest BCUT2D eigenvalue weighted by Crippen LogP contribution is 2.33. The predicted molar refractivity (Wildman–Crippen MR) is 58.2 cm³/mol. The molecule has 0 aliphatic carbocycles. The van der Waals surface area contributed by atoms with Crippen LogP contribution in [0.15, 0.2) is 4.90 Å². The van der Waals surface area contributed by atoms with Gasteiger partial charge in [0.25, 0.3) is 9.05 Å². The molecule has 0 atom stereocenters. The number of aryl methyl sites for hydroxylation is 2. The van der Waals surface area contributed by atoms with Crippen LogP contribution in [-0.2, 0) is 13.8 Å². The fraction of sp³-hybridized carbons (Fsp3) is 0.375. The van der Waals surface area contributed by atoms with Crippen LogP contribution >= 0.6 is 22.0 Å². The molecule has 15 heavy (non-hydrogen) atoms. The fourth-order valence-electron chi connectivity index (χ4n) is 1.30. The Morgan fingerprint density at radius 3 is 2.27 bits per heavy atom. The highest BCUT2D eigenvalue weighted by Gasteiger charge is 2.28. The molecular formula is C8H9ClO4S2. The first kappa shape index (κ1) is 12.5. The van der Waals surface area contributed by atoms with E-state index in [4.69, 9.17) is 10.7 Å². The molecule has 1 aromatic rings. The lowest BCUT2D eigenvalue weighted by atomic mass is 10.2. The van der Waals surface area contributed by atoms with E-state index in [2.05, 4.69) is 4.74 Å². The molecule has 0 fully saturated rings. The molecular weight excluding hydrogens is 260 g/mol. The summed E-state index contributed by atoms with van der Waals surface area (Å²) in [4.78, 5) is 12.3. The van der Waals surface area contributed by atoms with Gasteiger partial charge in [-0.2, -0.15) is 0 Å². The van der Waals surface area contributed by atoms with Crippen LogP contribution < -0.4 is 0 Å². The summed E-state index contributed by atoms with van der Waals surface area (Å²) in [6.07, 6.45) is 0. The molecule has 0 N–H and O–H groups in total. The second-order valence-electron chi connectivity index (χ2n) is 2.85. The lowest BCUT2D eigenvalue weighted by molar-refractivity contribution is 0.0596. The van der Waals surface area contributed by atoms with E-state index in [-0.39, 0.29) is 10.5 Å². The van der Waals surface area contributed by atoms with Gasteiger partial charge in [-0.3, -0.25) is 0 Å². The maximum absolute atomic E-state index is 11.4. The molecule has 1 rings (SSSR count). The predicted octanol–water partition coefficient (Wildman–Crippen LogP) is 2.08. The van der Waals surface area contributed by atoms with Crippen LogP contribution in [-0.4, -0.2) is 21.5 Å². The van der Waals surface area contributed by atoms with Crippen molar-refractivity contribution in [3.8, 4) is 0 Å². The Morgan fingerprint density at radius 1 is 1.33 bits per heavy atom. The molecule has 0 amide bonds. The van der Waals surface area contributed by atoms with Crippen LogP contribution in [0.2, 0.25) is 0 Å². The summed E-state index contributed by atoms with van der Waals surface area (Å²) < 4.78 is 27.1. The average Bonchev–Trinajstić information content (AvgIpc) is 2.38. The Balaban J connectivity index is 3.58. The summed E-state index contributed by atoms with van der Waals surface area (Å²) in [5, 5.41) is 0. The molecule has 0 aromatic carbocycles. The van der Waals surface area contributed by atoms with Crippen molar-refractivity contribution in [1.29, 1.82) is 0 Å².